The third kappa shape index (κ3) is 4.79. The minimum absolute atomic E-state index is 0.0487. The molecule has 0 spiro atoms. The topological polar surface area (TPSA) is 91.3 Å². The molecule has 1 aliphatic heterocycles. The predicted octanol–water partition coefficient (Wildman–Crippen LogP) is 6.84. The van der Waals surface area contributed by atoms with Crippen LogP contribution in [0.25, 0.3) is 0 Å². The Bertz CT molecular complexity index is 1300. The largest absolute Gasteiger partial charge is 0.495 e. The number of methoxy groups -OCH3 is 1. The lowest BCUT2D eigenvalue weighted by Crippen LogP contribution is -2.37. The highest BCUT2D eigenvalue weighted by atomic mass is 16.6. The summed E-state index contributed by atoms with van der Waals surface area (Å²) in [6, 6.07) is 5.30. The summed E-state index contributed by atoms with van der Waals surface area (Å²) in [6.07, 6.45) is 4.53. The molecule has 39 heavy (non-hydrogen) atoms. The number of hydrogen-bond donors (Lipinski definition) is 1. The summed E-state index contributed by atoms with van der Waals surface area (Å²) in [7, 11) is 1.46. The van der Waals surface area contributed by atoms with Gasteiger partial charge in [0.25, 0.3) is 0 Å². The molecule has 7 nitrogen and oxygen atoms in total. The summed E-state index contributed by atoms with van der Waals surface area (Å²) in [5.41, 5.74) is 2.56. The van der Waals surface area contributed by atoms with E-state index < -0.39 is 17.5 Å². The maximum Gasteiger partial charge on any atom is 0.346 e. The standard InChI is InChI=1S/C32H40O7/c1-7-22-18(4)13-20-16-37-30(34)26-25(11-10-23(28(26)36-6)24(33)12-17(2)3)38-27(20)29(22)39-31(35)32(5)15-19-8-9-21(32)14-19/h10-11,13,17,19,21,24,33H,7-9,12,14-16H2,1-6H3/t19-,21+,24-,32-/m0/s1. The number of hydrogen-bond acceptors (Lipinski definition) is 7. The molecule has 2 aliphatic carbocycles. The van der Waals surface area contributed by atoms with Gasteiger partial charge >= 0.3 is 11.9 Å². The fourth-order valence-electron chi connectivity index (χ4n) is 6.95. The van der Waals surface area contributed by atoms with Gasteiger partial charge in [0.15, 0.2) is 11.5 Å². The van der Waals surface area contributed by atoms with E-state index in [2.05, 4.69) is 0 Å². The lowest BCUT2D eigenvalue weighted by Gasteiger charge is -2.32. The Labute approximate surface area is 230 Å². The average molecular weight is 537 g/mol. The Morgan fingerprint density at radius 2 is 2.00 bits per heavy atom. The van der Waals surface area contributed by atoms with Crippen LogP contribution in [0.1, 0.15) is 98.5 Å². The van der Waals surface area contributed by atoms with Gasteiger partial charge in [-0.05, 0) is 87.5 Å². The molecule has 2 aromatic carbocycles. The normalized spacial score (nSPS) is 24.3. The first-order chi connectivity index (χ1) is 18.6. The Balaban J connectivity index is 1.59. The third-order valence-electron chi connectivity index (χ3n) is 8.99. The maximum absolute atomic E-state index is 13.7. The highest BCUT2D eigenvalue weighted by molar-refractivity contribution is 5.97. The summed E-state index contributed by atoms with van der Waals surface area (Å²) in [5, 5.41) is 10.9. The van der Waals surface area contributed by atoms with E-state index in [9.17, 15) is 14.7 Å². The number of esters is 2. The van der Waals surface area contributed by atoms with Gasteiger partial charge in [-0.25, -0.2) is 4.79 Å². The van der Waals surface area contributed by atoms with Crippen LogP contribution in [0.2, 0.25) is 0 Å². The molecule has 0 saturated heterocycles. The molecule has 0 amide bonds. The van der Waals surface area contributed by atoms with Crippen LogP contribution in [-0.4, -0.2) is 24.2 Å². The van der Waals surface area contributed by atoms with Gasteiger partial charge in [-0.15, -0.1) is 0 Å². The van der Waals surface area contributed by atoms with Gasteiger partial charge in [0.05, 0.1) is 18.6 Å². The lowest BCUT2D eigenvalue weighted by atomic mass is 9.75. The number of rotatable bonds is 7. The summed E-state index contributed by atoms with van der Waals surface area (Å²) in [6.45, 7) is 10.0. The lowest BCUT2D eigenvalue weighted by molar-refractivity contribution is -0.148. The first-order valence-electron chi connectivity index (χ1n) is 14.2. The Morgan fingerprint density at radius 3 is 2.62 bits per heavy atom. The van der Waals surface area contributed by atoms with Gasteiger partial charge in [0.2, 0.25) is 0 Å². The molecule has 3 aliphatic rings. The fraction of sp³-hybridized carbons (Fsp3) is 0.562. The number of benzene rings is 2. The zero-order chi connectivity index (χ0) is 28.1. The van der Waals surface area contributed by atoms with Crippen molar-refractivity contribution in [3.05, 3.63) is 46.0 Å². The number of aryl methyl sites for hydroxylation is 1. The van der Waals surface area contributed by atoms with Gasteiger partial charge in [-0.3, -0.25) is 4.79 Å². The molecule has 2 aromatic rings. The summed E-state index contributed by atoms with van der Waals surface area (Å²) in [5.74, 6) is 1.59. The number of ether oxygens (including phenoxy) is 4. The van der Waals surface area contributed by atoms with Gasteiger partial charge in [0.1, 0.15) is 23.7 Å². The van der Waals surface area contributed by atoms with E-state index in [0.717, 1.165) is 30.4 Å². The summed E-state index contributed by atoms with van der Waals surface area (Å²) in [4.78, 5) is 27.0. The van der Waals surface area contributed by atoms with Crippen molar-refractivity contribution in [1.29, 1.82) is 0 Å². The Morgan fingerprint density at radius 1 is 1.23 bits per heavy atom. The Hall–Kier alpha value is -3.06. The summed E-state index contributed by atoms with van der Waals surface area (Å²) < 4.78 is 24.1. The zero-order valence-electron chi connectivity index (χ0n) is 23.9. The van der Waals surface area contributed by atoms with Crippen molar-refractivity contribution < 1.29 is 33.6 Å². The molecule has 2 bridgehead atoms. The molecule has 210 valence electrons. The third-order valence-corrected chi connectivity index (χ3v) is 8.99. The van der Waals surface area contributed by atoms with E-state index in [0.29, 0.717) is 47.3 Å². The molecule has 0 aromatic heterocycles. The first-order valence-corrected chi connectivity index (χ1v) is 14.2. The van der Waals surface area contributed by atoms with Gasteiger partial charge in [-0.2, -0.15) is 0 Å². The average Bonchev–Trinajstić information content (AvgIpc) is 3.48. The minimum atomic E-state index is -0.816. The van der Waals surface area contributed by atoms with Crippen molar-refractivity contribution in [2.45, 2.75) is 85.9 Å². The van der Waals surface area contributed by atoms with Crippen LogP contribution < -0.4 is 14.2 Å². The number of fused-ring (bicyclic) bond motifs is 4. The maximum atomic E-state index is 13.7. The predicted molar refractivity (Wildman–Crippen MR) is 146 cm³/mol. The molecule has 1 heterocycles. The van der Waals surface area contributed by atoms with Crippen LogP contribution in [0.4, 0.5) is 0 Å². The second-order valence-corrected chi connectivity index (χ2v) is 12.1. The first kappa shape index (κ1) is 27.5. The zero-order valence-corrected chi connectivity index (χ0v) is 23.9. The monoisotopic (exact) mass is 536 g/mol. The molecule has 7 heteroatoms. The van der Waals surface area contributed by atoms with Crippen molar-refractivity contribution in [2.75, 3.05) is 7.11 Å². The highest BCUT2D eigenvalue weighted by Crippen LogP contribution is 2.57. The number of aliphatic hydroxyl groups excluding tert-OH is 1. The van der Waals surface area contributed by atoms with E-state index in [1.807, 2.05) is 40.7 Å². The van der Waals surface area contributed by atoms with Crippen molar-refractivity contribution >= 4 is 11.9 Å². The molecule has 5 rings (SSSR count). The van der Waals surface area contributed by atoms with E-state index in [-0.39, 0.29) is 35.6 Å². The molecule has 2 saturated carbocycles. The molecular weight excluding hydrogens is 496 g/mol. The molecule has 2 fully saturated rings. The number of carbonyl (C=O) groups is 2. The number of carbonyl (C=O) groups excluding carboxylic acids is 2. The number of aliphatic hydroxyl groups is 1. The van der Waals surface area contributed by atoms with E-state index in [1.165, 1.54) is 13.5 Å². The van der Waals surface area contributed by atoms with Gasteiger partial charge in [0, 0.05) is 16.7 Å². The van der Waals surface area contributed by atoms with Crippen LogP contribution in [0.5, 0.6) is 23.0 Å². The van der Waals surface area contributed by atoms with Gasteiger partial charge in [-0.1, -0.05) is 27.2 Å². The van der Waals surface area contributed by atoms with Crippen LogP contribution in [0.15, 0.2) is 18.2 Å². The van der Waals surface area contributed by atoms with Crippen molar-refractivity contribution in [3.8, 4) is 23.0 Å². The van der Waals surface area contributed by atoms with Gasteiger partial charge < -0.3 is 24.1 Å². The molecule has 1 N–H and O–H groups in total. The fourth-order valence-corrected chi connectivity index (χ4v) is 6.95. The van der Waals surface area contributed by atoms with Crippen molar-refractivity contribution in [1.82, 2.24) is 0 Å². The van der Waals surface area contributed by atoms with Crippen LogP contribution in [-0.2, 0) is 22.6 Å². The molecular formula is C32H40O7. The van der Waals surface area contributed by atoms with Crippen LogP contribution >= 0.6 is 0 Å². The second kappa shape index (κ2) is 10.5. The van der Waals surface area contributed by atoms with Crippen LogP contribution in [0, 0.1) is 30.1 Å². The molecule has 0 radical (unpaired) electrons. The smallest absolute Gasteiger partial charge is 0.346 e. The summed E-state index contributed by atoms with van der Waals surface area (Å²) >= 11 is 0. The second-order valence-electron chi connectivity index (χ2n) is 12.1. The van der Waals surface area contributed by atoms with E-state index >= 15 is 0 Å². The van der Waals surface area contributed by atoms with Crippen molar-refractivity contribution in [3.63, 3.8) is 0 Å². The molecule has 0 unspecified atom stereocenters. The highest BCUT2D eigenvalue weighted by Gasteiger charge is 2.53. The molecule has 4 atom stereocenters. The van der Waals surface area contributed by atoms with E-state index in [1.54, 1.807) is 12.1 Å². The SMILES string of the molecule is CCc1c(C)cc2c(c1OC(=O)[C@@]1(C)C[C@H]3CC[C@@H]1C3)Oc1ccc([C@@H](O)CC(C)C)c(OC)c1C(=O)OC2. The Kier molecular flexibility index (Phi) is 7.40. The van der Waals surface area contributed by atoms with E-state index in [4.69, 9.17) is 18.9 Å². The van der Waals surface area contributed by atoms with Crippen molar-refractivity contribution in [2.24, 2.45) is 23.2 Å². The quantitative estimate of drug-likeness (QED) is 0.306. The van der Waals surface area contributed by atoms with Crippen LogP contribution in [0.3, 0.4) is 0 Å². The number of cyclic esters (lactones) is 1. The minimum Gasteiger partial charge on any atom is -0.495 e.